The van der Waals surface area contributed by atoms with Gasteiger partial charge in [-0.1, -0.05) is 17.7 Å². The van der Waals surface area contributed by atoms with Gasteiger partial charge in [-0.3, -0.25) is 0 Å². The topological polar surface area (TPSA) is 38.4 Å². The van der Waals surface area contributed by atoms with E-state index in [0.717, 1.165) is 12.1 Å². The summed E-state index contributed by atoms with van der Waals surface area (Å²) in [6.07, 6.45) is 5.92. The van der Waals surface area contributed by atoms with Crippen LogP contribution in [0.15, 0.2) is 29.0 Å². The van der Waals surface area contributed by atoms with Gasteiger partial charge in [0, 0.05) is 18.3 Å². The number of halogens is 1. The van der Waals surface area contributed by atoms with E-state index in [1.165, 1.54) is 0 Å². The molecule has 2 N–H and O–H groups in total. The van der Waals surface area contributed by atoms with Crippen molar-refractivity contribution in [1.82, 2.24) is 0 Å². The van der Waals surface area contributed by atoms with Crippen molar-refractivity contribution < 1.29 is 0 Å². The summed E-state index contributed by atoms with van der Waals surface area (Å²) in [5.74, 6) is 0. The Labute approximate surface area is 58.7 Å². The van der Waals surface area contributed by atoms with Gasteiger partial charge < -0.3 is 5.73 Å². The highest BCUT2D eigenvalue weighted by atomic mass is 35.5. The quantitative estimate of drug-likeness (QED) is 0.545. The van der Waals surface area contributed by atoms with E-state index < -0.39 is 0 Å². The summed E-state index contributed by atoms with van der Waals surface area (Å²) in [5, 5.41) is 0.482. The van der Waals surface area contributed by atoms with Crippen LogP contribution in [0, 0.1) is 0 Å². The number of aliphatic imine (C=N–C) groups is 1. The van der Waals surface area contributed by atoms with E-state index in [1.54, 1.807) is 12.3 Å². The lowest BCUT2D eigenvalue weighted by Crippen LogP contribution is -1.92. The van der Waals surface area contributed by atoms with E-state index in [0.29, 0.717) is 5.17 Å². The maximum Gasteiger partial charge on any atom is 0.128 e. The van der Waals surface area contributed by atoms with Gasteiger partial charge in [0.15, 0.2) is 0 Å². The maximum atomic E-state index is 5.55. The number of nitrogens with zero attached hydrogens (tertiary/aromatic N) is 1. The minimum atomic E-state index is 0.482. The second-order valence-corrected chi connectivity index (χ2v) is 2.15. The van der Waals surface area contributed by atoms with Crippen LogP contribution >= 0.6 is 11.6 Å². The molecular weight excluding hydrogens is 136 g/mol. The first-order chi connectivity index (χ1) is 4.29. The largest absolute Gasteiger partial charge is 0.401 e. The maximum absolute atomic E-state index is 5.55. The predicted molar refractivity (Wildman–Crippen MR) is 39.3 cm³/mol. The number of nitrogens with two attached hydrogens (primary N) is 1. The van der Waals surface area contributed by atoms with Gasteiger partial charge in [-0.15, -0.1) is 0 Å². The Kier molecular flexibility index (Phi) is 1.90. The van der Waals surface area contributed by atoms with E-state index in [9.17, 15) is 0 Å². The third-order valence-electron chi connectivity index (χ3n) is 0.963. The fraction of sp³-hybridized carbons (Fsp3) is 0.167. The van der Waals surface area contributed by atoms with Crippen LogP contribution in [0.3, 0.4) is 0 Å². The van der Waals surface area contributed by atoms with Crippen molar-refractivity contribution in [2.24, 2.45) is 10.7 Å². The van der Waals surface area contributed by atoms with Crippen LogP contribution in [0.4, 0.5) is 0 Å². The van der Waals surface area contributed by atoms with Gasteiger partial charge in [-0.05, 0) is 6.08 Å². The molecule has 1 rings (SSSR count). The molecule has 0 spiro atoms. The molecule has 0 atom stereocenters. The molecule has 0 fully saturated rings. The molecule has 2 nitrogen and oxygen atoms in total. The fourth-order valence-electron chi connectivity index (χ4n) is 0.533. The van der Waals surface area contributed by atoms with Gasteiger partial charge in [-0.25, -0.2) is 4.99 Å². The molecule has 1 aliphatic heterocycles. The second-order valence-electron chi connectivity index (χ2n) is 1.76. The molecule has 0 radical (unpaired) electrons. The van der Waals surface area contributed by atoms with Gasteiger partial charge in [0.2, 0.25) is 0 Å². The molecule has 0 bridgehead atoms. The minimum Gasteiger partial charge on any atom is -0.401 e. The van der Waals surface area contributed by atoms with Crippen molar-refractivity contribution in [3.63, 3.8) is 0 Å². The lowest BCUT2D eigenvalue weighted by atomic mass is 10.3. The molecule has 0 saturated heterocycles. The minimum absolute atomic E-state index is 0.482. The third kappa shape index (κ3) is 1.90. The average Bonchev–Trinajstić information content (AvgIpc) is 1.97. The third-order valence-corrected chi connectivity index (χ3v) is 1.19. The van der Waals surface area contributed by atoms with Crippen molar-refractivity contribution in [1.29, 1.82) is 0 Å². The Bertz CT molecular complexity index is 191. The smallest absolute Gasteiger partial charge is 0.128 e. The molecule has 1 heterocycles. The Morgan fingerprint density at radius 2 is 2.44 bits per heavy atom. The summed E-state index contributed by atoms with van der Waals surface area (Å²) in [6.45, 7) is 0. The standard InChI is InChI=1S/C6H7ClN2/c7-6-3-1-2-5(8)4-9-6/h1,3-4H,2,8H2. The van der Waals surface area contributed by atoms with Crippen LogP contribution in [0.5, 0.6) is 0 Å². The Balaban J connectivity index is 2.80. The zero-order chi connectivity index (χ0) is 6.69. The van der Waals surface area contributed by atoms with Gasteiger partial charge in [0.1, 0.15) is 5.17 Å². The van der Waals surface area contributed by atoms with Crippen LogP contribution in [0.2, 0.25) is 0 Å². The van der Waals surface area contributed by atoms with Gasteiger partial charge in [0.05, 0.1) is 0 Å². The molecule has 1 aliphatic rings. The summed E-state index contributed by atoms with van der Waals surface area (Å²) in [5.41, 5.74) is 6.18. The summed E-state index contributed by atoms with van der Waals surface area (Å²) >= 11 is 5.55. The summed E-state index contributed by atoms with van der Waals surface area (Å²) in [6, 6.07) is 0. The number of hydrogen-bond donors (Lipinski definition) is 1. The van der Waals surface area contributed by atoms with Crippen molar-refractivity contribution in [2.75, 3.05) is 0 Å². The lowest BCUT2D eigenvalue weighted by Gasteiger charge is -1.86. The first kappa shape index (κ1) is 6.36. The summed E-state index contributed by atoms with van der Waals surface area (Å²) in [7, 11) is 0. The molecule has 0 amide bonds. The molecule has 48 valence electrons. The monoisotopic (exact) mass is 142 g/mol. The lowest BCUT2D eigenvalue weighted by molar-refractivity contribution is 1.16. The Morgan fingerprint density at radius 3 is 3.22 bits per heavy atom. The molecule has 0 aromatic heterocycles. The first-order valence-electron chi connectivity index (χ1n) is 2.63. The zero-order valence-electron chi connectivity index (χ0n) is 4.84. The summed E-state index contributed by atoms with van der Waals surface area (Å²) in [4.78, 5) is 3.81. The molecule has 0 aliphatic carbocycles. The molecule has 9 heavy (non-hydrogen) atoms. The predicted octanol–water partition coefficient (Wildman–Crippen LogP) is 1.38. The highest BCUT2D eigenvalue weighted by Gasteiger charge is 1.91. The van der Waals surface area contributed by atoms with E-state index in [4.69, 9.17) is 17.3 Å². The molecule has 3 heteroatoms. The van der Waals surface area contributed by atoms with Crippen LogP contribution in [0.25, 0.3) is 0 Å². The summed E-state index contributed by atoms with van der Waals surface area (Å²) < 4.78 is 0. The molecule has 0 aromatic carbocycles. The van der Waals surface area contributed by atoms with E-state index in [-0.39, 0.29) is 0 Å². The molecule has 0 saturated carbocycles. The normalized spacial score (nSPS) is 18.3. The van der Waals surface area contributed by atoms with Gasteiger partial charge in [-0.2, -0.15) is 0 Å². The van der Waals surface area contributed by atoms with Gasteiger partial charge in [0.25, 0.3) is 0 Å². The fourth-order valence-corrected chi connectivity index (χ4v) is 0.670. The SMILES string of the molecule is NC1=CN=C(Cl)C=CC1. The van der Waals surface area contributed by atoms with Crippen LogP contribution in [-0.2, 0) is 0 Å². The number of rotatable bonds is 0. The highest BCUT2D eigenvalue weighted by molar-refractivity contribution is 6.68. The Morgan fingerprint density at radius 1 is 1.67 bits per heavy atom. The van der Waals surface area contributed by atoms with E-state index >= 15 is 0 Å². The highest BCUT2D eigenvalue weighted by Crippen LogP contribution is 2.02. The first-order valence-corrected chi connectivity index (χ1v) is 3.01. The van der Waals surface area contributed by atoms with E-state index in [2.05, 4.69) is 4.99 Å². The van der Waals surface area contributed by atoms with Crippen LogP contribution in [0.1, 0.15) is 6.42 Å². The second kappa shape index (κ2) is 2.69. The molecule has 0 unspecified atom stereocenters. The van der Waals surface area contributed by atoms with Crippen molar-refractivity contribution >= 4 is 16.8 Å². The molecular formula is C6H7ClN2. The van der Waals surface area contributed by atoms with E-state index in [1.807, 2.05) is 6.08 Å². The number of allylic oxidation sites excluding steroid dienone is 2. The number of hydrogen-bond acceptors (Lipinski definition) is 2. The van der Waals surface area contributed by atoms with Crippen molar-refractivity contribution in [3.05, 3.63) is 24.0 Å². The Hall–Kier alpha value is -0.760. The van der Waals surface area contributed by atoms with Crippen molar-refractivity contribution in [2.45, 2.75) is 6.42 Å². The average molecular weight is 143 g/mol. The zero-order valence-corrected chi connectivity index (χ0v) is 5.60. The van der Waals surface area contributed by atoms with Crippen LogP contribution in [-0.4, -0.2) is 5.17 Å². The van der Waals surface area contributed by atoms with Gasteiger partial charge >= 0.3 is 0 Å². The molecule has 0 aromatic rings. The van der Waals surface area contributed by atoms with Crippen LogP contribution < -0.4 is 5.73 Å². The van der Waals surface area contributed by atoms with Crippen molar-refractivity contribution in [3.8, 4) is 0 Å².